The van der Waals surface area contributed by atoms with E-state index in [1.807, 2.05) is 0 Å². The van der Waals surface area contributed by atoms with Gasteiger partial charge in [-0.05, 0) is 42.0 Å². The minimum atomic E-state index is -4.80. The van der Waals surface area contributed by atoms with Gasteiger partial charge in [-0.15, -0.1) is 13.2 Å². The molecule has 0 aliphatic rings. The second-order valence-corrected chi connectivity index (χ2v) is 7.97. The number of carbonyl (C=O) groups excluding carboxylic acids is 2. The summed E-state index contributed by atoms with van der Waals surface area (Å²) in [4.78, 5) is 22.7. The molecular formula is C19H19F3N2O6S. The molecule has 31 heavy (non-hydrogen) atoms. The molecule has 0 fully saturated rings. The Bertz CT molecular complexity index is 1010. The number of alkyl halides is 3. The Morgan fingerprint density at radius 1 is 1.00 bits per heavy atom. The first-order valence-electron chi connectivity index (χ1n) is 8.82. The maximum Gasteiger partial charge on any atom is 0.573 e. The third kappa shape index (κ3) is 8.64. The van der Waals surface area contributed by atoms with Gasteiger partial charge in [-0.3, -0.25) is 9.59 Å². The van der Waals surface area contributed by atoms with Crippen molar-refractivity contribution >= 4 is 27.6 Å². The summed E-state index contributed by atoms with van der Waals surface area (Å²) >= 11 is 0. The van der Waals surface area contributed by atoms with E-state index in [1.54, 1.807) is 0 Å². The van der Waals surface area contributed by atoms with E-state index in [9.17, 15) is 31.2 Å². The quantitative estimate of drug-likeness (QED) is 0.557. The average molecular weight is 460 g/mol. The van der Waals surface area contributed by atoms with E-state index >= 15 is 0 Å². The van der Waals surface area contributed by atoms with E-state index in [4.69, 9.17) is 4.74 Å². The number of benzene rings is 2. The maximum atomic E-state index is 12.2. The van der Waals surface area contributed by atoms with Gasteiger partial charge in [0.2, 0.25) is 15.9 Å². The summed E-state index contributed by atoms with van der Waals surface area (Å²) in [7, 11) is -3.86. The molecule has 0 aromatic heterocycles. The zero-order chi connectivity index (χ0) is 23.1. The fourth-order valence-corrected chi connectivity index (χ4v) is 3.35. The van der Waals surface area contributed by atoms with Crippen molar-refractivity contribution in [3.63, 3.8) is 0 Å². The lowest BCUT2D eigenvalue weighted by Crippen LogP contribution is -2.26. The lowest BCUT2D eigenvalue weighted by molar-refractivity contribution is -0.274. The maximum absolute atomic E-state index is 12.2. The molecule has 2 aromatic rings. The monoisotopic (exact) mass is 460 g/mol. The summed E-state index contributed by atoms with van der Waals surface area (Å²) in [5.74, 6) is -1.39. The minimum absolute atomic E-state index is 0.0452. The summed E-state index contributed by atoms with van der Waals surface area (Å²) in [6.07, 6.45) is -5.05. The van der Waals surface area contributed by atoms with Crippen molar-refractivity contribution in [3.8, 4) is 5.75 Å². The first-order chi connectivity index (χ1) is 14.4. The van der Waals surface area contributed by atoms with E-state index < -0.39 is 28.1 Å². The molecule has 0 unspecified atom stereocenters. The number of amides is 1. The van der Waals surface area contributed by atoms with Crippen LogP contribution in [-0.4, -0.2) is 33.2 Å². The number of sulfonamides is 1. The second kappa shape index (κ2) is 10.3. The summed E-state index contributed by atoms with van der Waals surface area (Å²) in [5.41, 5.74) is 0.871. The molecular weight excluding hydrogens is 441 g/mol. The lowest BCUT2D eigenvalue weighted by Gasteiger charge is -2.10. The summed E-state index contributed by atoms with van der Waals surface area (Å²) in [6, 6.07) is 10.2. The Balaban J connectivity index is 1.77. The molecule has 0 atom stereocenters. The van der Waals surface area contributed by atoms with Gasteiger partial charge in [0.05, 0.1) is 11.3 Å². The number of halogens is 3. The van der Waals surface area contributed by atoms with Gasteiger partial charge in [0.15, 0.2) is 0 Å². The molecule has 2 aromatic carbocycles. The Morgan fingerprint density at radius 2 is 1.61 bits per heavy atom. The number of hydrogen-bond donors (Lipinski definition) is 2. The molecule has 12 heteroatoms. The normalized spacial score (nSPS) is 11.6. The van der Waals surface area contributed by atoms with Crippen molar-refractivity contribution in [2.75, 3.05) is 11.9 Å². The zero-order valence-corrected chi connectivity index (χ0v) is 17.0. The van der Waals surface area contributed by atoms with Crippen molar-refractivity contribution in [2.45, 2.75) is 31.2 Å². The topological polar surface area (TPSA) is 111 Å². The first kappa shape index (κ1) is 24.2. The van der Waals surface area contributed by atoms with Gasteiger partial charge in [-0.1, -0.05) is 12.1 Å². The fraction of sp³-hybridized carbons (Fsp3) is 0.263. The third-order valence-electron chi connectivity index (χ3n) is 3.66. The van der Waals surface area contributed by atoms with Crippen LogP contribution in [0.4, 0.5) is 18.9 Å². The minimum Gasteiger partial charge on any atom is -0.461 e. The molecule has 8 nitrogen and oxygen atoms in total. The molecule has 2 rings (SSSR count). The van der Waals surface area contributed by atoms with Gasteiger partial charge in [0.25, 0.3) is 0 Å². The van der Waals surface area contributed by atoms with Crippen LogP contribution in [0.2, 0.25) is 0 Å². The van der Waals surface area contributed by atoms with E-state index in [1.165, 1.54) is 43.3 Å². The SMILES string of the molecule is CC(=O)Nc1ccc(S(=O)(=O)NCCC(=O)OCc2ccc(OC(F)(F)F)cc2)cc1. The first-order valence-corrected chi connectivity index (χ1v) is 10.3. The van der Waals surface area contributed by atoms with Gasteiger partial charge < -0.3 is 14.8 Å². The largest absolute Gasteiger partial charge is 0.573 e. The summed E-state index contributed by atoms with van der Waals surface area (Å²) in [5, 5.41) is 2.51. The fourth-order valence-electron chi connectivity index (χ4n) is 2.31. The Kier molecular flexibility index (Phi) is 8.00. The van der Waals surface area contributed by atoms with E-state index in [0.29, 0.717) is 11.3 Å². The molecule has 0 saturated carbocycles. The molecule has 0 saturated heterocycles. The summed E-state index contributed by atoms with van der Waals surface area (Å²) in [6.45, 7) is 0.915. The number of nitrogens with one attached hydrogen (secondary N) is 2. The van der Waals surface area contributed by atoms with Crippen LogP contribution in [0.3, 0.4) is 0 Å². The third-order valence-corrected chi connectivity index (χ3v) is 5.14. The van der Waals surface area contributed by atoms with Gasteiger partial charge in [-0.25, -0.2) is 13.1 Å². The van der Waals surface area contributed by atoms with E-state index in [0.717, 1.165) is 12.1 Å². The van der Waals surface area contributed by atoms with Crippen LogP contribution in [0.1, 0.15) is 18.9 Å². The second-order valence-electron chi connectivity index (χ2n) is 6.21. The molecule has 1 amide bonds. The molecule has 0 heterocycles. The smallest absolute Gasteiger partial charge is 0.461 e. The molecule has 168 valence electrons. The summed E-state index contributed by atoms with van der Waals surface area (Å²) < 4.78 is 71.7. The molecule has 0 spiro atoms. The van der Waals surface area contributed by atoms with Crippen LogP contribution in [-0.2, 0) is 31.0 Å². The highest BCUT2D eigenvalue weighted by atomic mass is 32.2. The standard InChI is InChI=1S/C19H19F3N2O6S/c1-13(25)24-15-4-8-17(9-5-15)31(27,28)23-11-10-18(26)29-12-14-2-6-16(7-3-14)30-19(20,21)22/h2-9,23H,10-12H2,1H3,(H,24,25). The van der Waals surface area contributed by atoms with Crippen LogP contribution in [0, 0.1) is 0 Å². The number of rotatable bonds is 9. The van der Waals surface area contributed by atoms with Crippen LogP contribution in [0.25, 0.3) is 0 Å². The van der Waals surface area contributed by atoms with Gasteiger partial charge >= 0.3 is 12.3 Å². The van der Waals surface area contributed by atoms with Gasteiger partial charge in [0.1, 0.15) is 12.4 Å². The molecule has 2 N–H and O–H groups in total. The lowest BCUT2D eigenvalue weighted by atomic mass is 10.2. The van der Waals surface area contributed by atoms with Crippen molar-refractivity contribution in [3.05, 3.63) is 54.1 Å². The van der Waals surface area contributed by atoms with Crippen molar-refractivity contribution in [2.24, 2.45) is 0 Å². The van der Waals surface area contributed by atoms with Crippen LogP contribution in [0.15, 0.2) is 53.4 Å². The Hall–Kier alpha value is -3.12. The molecule has 0 aliphatic carbocycles. The Morgan fingerprint density at radius 3 is 2.16 bits per heavy atom. The predicted molar refractivity (Wildman–Crippen MR) is 103 cm³/mol. The van der Waals surface area contributed by atoms with Gasteiger partial charge in [-0.2, -0.15) is 0 Å². The van der Waals surface area contributed by atoms with Crippen LogP contribution < -0.4 is 14.8 Å². The highest BCUT2D eigenvalue weighted by molar-refractivity contribution is 7.89. The van der Waals surface area contributed by atoms with Crippen molar-refractivity contribution in [1.29, 1.82) is 0 Å². The number of carbonyl (C=O) groups is 2. The van der Waals surface area contributed by atoms with Crippen molar-refractivity contribution < 1.29 is 40.7 Å². The van der Waals surface area contributed by atoms with Crippen molar-refractivity contribution in [1.82, 2.24) is 4.72 Å². The molecule has 0 aliphatic heterocycles. The van der Waals surface area contributed by atoms with E-state index in [2.05, 4.69) is 14.8 Å². The number of anilines is 1. The van der Waals surface area contributed by atoms with E-state index in [-0.39, 0.29) is 30.4 Å². The zero-order valence-electron chi connectivity index (χ0n) is 16.2. The average Bonchev–Trinajstić information content (AvgIpc) is 2.66. The molecule has 0 bridgehead atoms. The highest BCUT2D eigenvalue weighted by Gasteiger charge is 2.30. The highest BCUT2D eigenvalue weighted by Crippen LogP contribution is 2.23. The van der Waals surface area contributed by atoms with Crippen LogP contribution >= 0.6 is 0 Å². The van der Waals surface area contributed by atoms with Crippen LogP contribution in [0.5, 0.6) is 5.75 Å². The van der Waals surface area contributed by atoms with Gasteiger partial charge in [0, 0.05) is 19.2 Å². The number of hydrogen-bond acceptors (Lipinski definition) is 6. The number of esters is 1. The number of ether oxygens (including phenoxy) is 2. The molecule has 0 radical (unpaired) electrons. The Labute approximate surface area is 176 Å². The predicted octanol–water partition coefficient (Wildman–Crippen LogP) is 2.96.